The van der Waals surface area contributed by atoms with Gasteiger partial charge in [0.1, 0.15) is 0 Å². The van der Waals surface area contributed by atoms with Gasteiger partial charge >= 0.3 is 0 Å². The van der Waals surface area contributed by atoms with Crippen LogP contribution in [0.5, 0.6) is 0 Å². The molecule has 0 aliphatic carbocycles. The Kier molecular flexibility index (Phi) is 5.85. The summed E-state index contributed by atoms with van der Waals surface area (Å²) in [5.74, 6) is 0.105. The highest BCUT2D eigenvalue weighted by Crippen LogP contribution is 2.27. The minimum Gasteiger partial charge on any atom is -0.339 e. The van der Waals surface area contributed by atoms with Crippen LogP contribution in [0.3, 0.4) is 0 Å². The Morgan fingerprint density at radius 2 is 1.56 bits per heavy atom. The van der Waals surface area contributed by atoms with Gasteiger partial charge in [0.25, 0.3) is 5.91 Å². The standard InChI is InChI=1S/C22H25ClN2O2/c1-22(2,18-8-4-3-5-9-18)16-20(26)24-11-13-25(14-12-24)21(27)17-7-6-10-19(23)15-17/h3-10,15H,11-14,16H2,1-2H3. The van der Waals surface area contributed by atoms with Gasteiger partial charge in [-0.15, -0.1) is 0 Å². The SMILES string of the molecule is CC(C)(CC(=O)N1CCN(C(=O)c2cccc(Cl)c2)CC1)c1ccccc1. The van der Waals surface area contributed by atoms with Crippen molar-refractivity contribution in [3.63, 3.8) is 0 Å². The van der Waals surface area contributed by atoms with E-state index in [1.54, 1.807) is 29.2 Å². The molecule has 0 aromatic heterocycles. The molecule has 142 valence electrons. The summed E-state index contributed by atoms with van der Waals surface area (Å²) in [5.41, 5.74) is 1.53. The molecule has 0 spiro atoms. The van der Waals surface area contributed by atoms with Crippen LogP contribution in [0.1, 0.15) is 36.2 Å². The molecule has 3 rings (SSSR count). The van der Waals surface area contributed by atoms with Gasteiger partial charge in [-0.3, -0.25) is 9.59 Å². The first-order valence-corrected chi connectivity index (χ1v) is 9.63. The number of piperazine rings is 1. The van der Waals surface area contributed by atoms with E-state index in [0.717, 1.165) is 5.56 Å². The number of amides is 2. The van der Waals surface area contributed by atoms with Crippen LogP contribution in [0.4, 0.5) is 0 Å². The van der Waals surface area contributed by atoms with Crippen LogP contribution in [0.2, 0.25) is 5.02 Å². The normalized spacial score (nSPS) is 14.9. The second-order valence-electron chi connectivity index (χ2n) is 7.61. The largest absolute Gasteiger partial charge is 0.339 e. The van der Waals surface area contributed by atoms with Crippen molar-refractivity contribution in [1.29, 1.82) is 0 Å². The topological polar surface area (TPSA) is 40.6 Å². The van der Waals surface area contributed by atoms with Gasteiger partial charge in [-0.25, -0.2) is 0 Å². The number of carbonyl (C=O) groups is 2. The monoisotopic (exact) mass is 384 g/mol. The molecule has 5 heteroatoms. The number of hydrogen-bond acceptors (Lipinski definition) is 2. The third-order valence-electron chi connectivity index (χ3n) is 5.14. The molecule has 0 bridgehead atoms. The van der Waals surface area contributed by atoms with Gasteiger partial charge in [-0.1, -0.05) is 61.8 Å². The zero-order chi connectivity index (χ0) is 19.4. The summed E-state index contributed by atoms with van der Waals surface area (Å²) in [7, 11) is 0. The number of hydrogen-bond donors (Lipinski definition) is 0. The molecule has 0 radical (unpaired) electrons. The van der Waals surface area contributed by atoms with Gasteiger partial charge in [0.05, 0.1) is 0 Å². The van der Waals surface area contributed by atoms with Crippen molar-refractivity contribution in [2.24, 2.45) is 0 Å². The number of halogens is 1. The maximum atomic E-state index is 12.8. The second-order valence-corrected chi connectivity index (χ2v) is 8.05. The summed E-state index contributed by atoms with van der Waals surface area (Å²) < 4.78 is 0. The molecule has 1 heterocycles. The Bertz CT molecular complexity index is 812. The zero-order valence-electron chi connectivity index (χ0n) is 15.8. The fraction of sp³-hybridized carbons (Fsp3) is 0.364. The molecule has 1 aliphatic heterocycles. The summed E-state index contributed by atoms with van der Waals surface area (Å²) in [6, 6.07) is 17.1. The Balaban J connectivity index is 1.57. The maximum Gasteiger partial charge on any atom is 0.254 e. The molecular weight excluding hydrogens is 360 g/mol. The number of carbonyl (C=O) groups excluding carboxylic acids is 2. The highest BCUT2D eigenvalue weighted by molar-refractivity contribution is 6.30. The third-order valence-corrected chi connectivity index (χ3v) is 5.37. The molecule has 27 heavy (non-hydrogen) atoms. The lowest BCUT2D eigenvalue weighted by Crippen LogP contribution is -2.51. The van der Waals surface area contributed by atoms with Crippen molar-refractivity contribution in [3.05, 3.63) is 70.7 Å². The van der Waals surface area contributed by atoms with E-state index in [0.29, 0.717) is 43.2 Å². The lowest BCUT2D eigenvalue weighted by Gasteiger charge is -2.36. The van der Waals surface area contributed by atoms with E-state index in [-0.39, 0.29) is 17.2 Å². The predicted octanol–water partition coefficient (Wildman–Crippen LogP) is 3.99. The zero-order valence-corrected chi connectivity index (χ0v) is 16.6. The molecular formula is C22H25ClN2O2. The van der Waals surface area contributed by atoms with E-state index in [1.807, 2.05) is 23.1 Å². The van der Waals surface area contributed by atoms with Crippen molar-refractivity contribution in [1.82, 2.24) is 9.80 Å². The molecule has 0 saturated carbocycles. The van der Waals surface area contributed by atoms with Crippen LogP contribution in [0.15, 0.2) is 54.6 Å². The smallest absolute Gasteiger partial charge is 0.254 e. The van der Waals surface area contributed by atoms with Crippen LogP contribution in [-0.2, 0) is 10.2 Å². The molecule has 2 aromatic rings. The molecule has 1 aliphatic rings. The van der Waals surface area contributed by atoms with E-state index >= 15 is 0 Å². The van der Waals surface area contributed by atoms with Crippen LogP contribution in [0.25, 0.3) is 0 Å². The van der Waals surface area contributed by atoms with Gasteiger partial charge in [0.15, 0.2) is 0 Å². The molecule has 0 N–H and O–H groups in total. The Labute approximate surface area is 165 Å². The first-order valence-electron chi connectivity index (χ1n) is 9.25. The minimum absolute atomic E-state index is 0.0331. The van der Waals surface area contributed by atoms with E-state index in [2.05, 4.69) is 26.0 Å². The molecule has 4 nitrogen and oxygen atoms in total. The maximum absolute atomic E-state index is 12.8. The Morgan fingerprint density at radius 1 is 0.926 bits per heavy atom. The summed E-state index contributed by atoms with van der Waals surface area (Å²) in [6.07, 6.45) is 0.458. The van der Waals surface area contributed by atoms with Crippen molar-refractivity contribution in [2.45, 2.75) is 25.7 Å². The number of benzene rings is 2. The lowest BCUT2D eigenvalue weighted by atomic mass is 9.81. The van der Waals surface area contributed by atoms with Crippen LogP contribution < -0.4 is 0 Å². The second kappa shape index (κ2) is 8.13. The van der Waals surface area contributed by atoms with Crippen molar-refractivity contribution in [2.75, 3.05) is 26.2 Å². The minimum atomic E-state index is -0.216. The molecule has 1 fully saturated rings. The van der Waals surface area contributed by atoms with Crippen LogP contribution in [-0.4, -0.2) is 47.8 Å². The van der Waals surface area contributed by atoms with Crippen molar-refractivity contribution < 1.29 is 9.59 Å². The Hall–Kier alpha value is -2.33. The highest BCUT2D eigenvalue weighted by atomic mass is 35.5. The highest BCUT2D eigenvalue weighted by Gasteiger charge is 2.30. The van der Waals surface area contributed by atoms with Crippen LogP contribution in [0, 0.1) is 0 Å². The first-order chi connectivity index (χ1) is 12.9. The van der Waals surface area contributed by atoms with Crippen molar-refractivity contribution in [3.8, 4) is 0 Å². The summed E-state index contributed by atoms with van der Waals surface area (Å²) in [5, 5.41) is 0.554. The Morgan fingerprint density at radius 3 is 2.19 bits per heavy atom. The van der Waals surface area contributed by atoms with E-state index in [9.17, 15) is 9.59 Å². The molecule has 2 amide bonds. The van der Waals surface area contributed by atoms with E-state index in [1.165, 1.54) is 0 Å². The molecule has 1 saturated heterocycles. The van der Waals surface area contributed by atoms with Gasteiger partial charge in [-0.05, 0) is 29.2 Å². The van der Waals surface area contributed by atoms with E-state index < -0.39 is 0 Å². The van der Waals surface area contributed by atoms with E-state index in [4.69, 9.17) is 11.6 Å². The van der Waals surface area contributed by atoms with Gasteiger partial charge in [0, 0.05) is 43.2 Å². The lowest BCUT2D eigenvalue weighted by molar-refractivity contribution is -0.133. The van der Waals surface area contributed by atoms with Gasteiger partial charge in [-0.2, -0.15) is 0 Å². The fourth-order valence-corrected chi connectivity index (χ4v) is 3.63. The summed E-state index contributed by atoms with van der Waals surface area (Å²) >= 11 is 5.98. The van der Waals surface area contributed by atoms with Gasteiger partial charge in [0.2, 0.25) is 5.91 Å². The predicted molar refractivity (Wildman–Crippen MR) is 108 cm³/mol. The first kappa shape index (κ1) is 19.4. The summed E-state index contributed by atoms with van der Waals surface area (Å²) in [6.45, 7) is 6.41. The fourth-order valence-electron chi connectivity index (χ4n) is 3.44. The molecule has 0 unspecified atom stereocenters. The number of nitrogens with zero attached hydrogens (tertiary/aromatic N) is 2. The number of rotatable bonds is 4. The van der Waals surface area contributed by atoms with Gasteiger partial charge < -0.3 is 9.80 Å². The van der Waals surface area contributed by atoms with Crippen LogP contribution >= 0.6 is 11.6 Å². The molecule has 0 atom stereocenters. The average molecular weight is 385 g/mol. The average Bonchev–Trinajstić information content (AvgIpc) is 2.68. The molecule has 2 aromatic carbocycles. The summed E-state index contributed by atoms with van der Waals surface area (Å²) in [4.78, 5) is 29.0. The quantitative estimate of drug-likeness (QED) is 0.799. The van der Waals surface area contributed by atoms with Crippen molar-refractivity contribution >= 4 is 23.4 Å². The third kappa shape index (κ3) is 4.69.